The Morgan fingerprint density at radius 1 is 1.25 bits per heavy atom. The quantitative estimate of drug-likeness (QED) is 0.660. The minimum Gasteiger partial charge on any atom is -0.457 e. The van der Waals surface area contributed by atoms with E-state index in [9.17, 15) is 4.39 Å². The van der Waals surface area contributed by atoms with Crippen molar-refractivity contribution in [1.29, 1.82) is 0 Å². The molecule has 0 spiro atoms. The third-order valence-electron chi connectivity index (χ3n) is 4.24. The summed E-state index contributed by atoms with van der Waals surface area (Å²) >= 11 is 0. The van der Waals surface area contributed by atoms with E-state index in [1.165, 1.54) is 11.6 Å². The number of halogens is 1. The first-order valence-electron chi connectivity index (χ1n) is 7.96. The Balaban J connectivity index is 1.67. The molecule has 0 amide bonds. The van der Waals surface area contributed by atoms with Crippen LogP contribution in [0.25, 0.3) is 0 Å². The maximum absolute atomic E-state index is 14.4. The van der Waals surface area contributed by atoms with Gasteiger partial charge in [-0.1, -0.05) is 30.3 Å². The van der Waals surface area contributed by atoms with E-state index in [0.29, 0.717) is 11.5 Å². The Morgan fingerprint density at radius 3 is 2.62 bits per heavy atom. The summed E-state index contributed by atoms with van der Waals surface area (Å²) in [5.74, 6) is -1.37. The van der Waals surface area contributed by atoms with Crippen LogP contribution in [0.1, 0.15) is 12.0 Å². The summed E-state index contributed by atoms with van der Waals surface area (Å²) < 4.78 is 20.8. The number of benzene rings is 1. The van der Waals surface area contributed by atoms with Crippen LogP contribution in [0.3, 0.4) is 0 Å². The van der Waals surface area contributed by atoms with Crippen LogP contribution < -0.4 is 11.5 Å². The largest absolute Gasteiger partial charge is 0.457 e. The van der Waals surface area contributed by atoms with Crippen molar-refractivity contribution in [3.8, 4) is 0 Å². The SMILES string of the molecule is C[N+]1(Cc2ccccc2)C=CC(OC2=CC=C(N)CC2(N)F)=CC1. The maximum Gasteiger partial charge on any atom is 0.222 e. The molecule has 0 aromatic heterocycles. The van der Waals surface area contributed by atoms with Crippen LogP contribution in [0.4, 0.5) is 4.39 Å². The van der Waals surface area contributed by atoms with Gasteiger partial charge in [-0.25, -0.2) is 4.39 Å². The molecule has 1 heterocycles. The Labute approximate surface area is 141 Å². The number of alkyl halides is 1. The van der Waals surface area contributed by atoms with Crippen molar-refractivity contribution < 1.29 is 13.6 Å². The molecule has 5 heteroatoms. The first-order chi connectivity index (χ1) is 11.4. The van der Waals surface area contributed by atoms with Crippen molar-refractivity contribution in [2.24, 2.45) is 11.5 Å². The lowest BCUT2D eigenvalue weighted by Gasteiger charge is -2.32. The fourth-order valence-corrected chi connectivity index (χ4v) is 2.88. The number of rotatable bonds is 4. The molecule has 0 fully saturated rings. The summed E-state index contributed by atoms with van der Waals surface area (Å²) in [5, 5.41) is 0. The van der Waals surface area contributed by atoms with E-state index in [1.54, 1.807) is 6.08 Å². The van der Waals surface area contributed by atoms with Gasteiger partial charge in [0.25, 0.3) is 0 Å². The van der Waals surface area contributed by atoms with Gasteiger partial charge in [0.05, 0.1) is 13.2 Å². The van der Waals surface area contributed by atoms with E-state index in [0.717, 1.165) is 17.6 Å². The second-order valence-corrected chi connectivity index (χ2v) is 6.64. The van der Waals surface area contributed by atoms with E-state index in [1.807, 2.05) is 30.4 Å². The van der Waals surface area contributed by atoms with Crippen LogP contribution >= 0.6 is 0 Å². The van der Waals surface area contributed by atoms with E-state index >= 15 is 0 Å². The van der Waals surface area contributed by atoms with Gasteiger partial charge in [0.2, 0.25) is 5.79 Å². The predicted molar refractivity (Wildman–Crippen MR) is 92.5 cm³/mol. The van der Waals surface area contributed by atoms with Gasteiger partial charge in [0, 0.05) is 29.8 Å². The zero-order chi connectivity index (χ0) is 17.2. The number of quaternary nitrogens is 1. The van der Waals surface area contributed by atoms with Gasteiger partial charge in [-0.2, -0.15) is 0 Å². The molecule has 2 unspecified atom stereocenters. The molecule has 0 saturated heterocycles. The predicted octanol–water partition coefficient (Wildman–Crippen LogP) is 2.82. The lowest BCUT2D eigenvalue weighted by Crippen LogP contribution is -2.41. The van der Waals surface area contributed by atoms with Crippen LogP contribution in [0.2, 0.25) is 0 Å². The highest BCUT2D eigenvalue weighted by Gasteiger charge is 2.35. The van der Waals surface area contributed by atoms with Crippen molar-refractivity contribution in [2.75, 3.05) is 13.6 Å². The minimum absolute atomic E-state index is 0.0579. The third-order valence-corrected chi connectivity index (χ3v) is 4.24. The number of hydrogen-bond donors (Lipinski definition) is 2. The van der Waals surface area contributed by atoms with Gasteiger partial charge in [-0.3, -0.25) is 10.2 Å². The first kappa shape index (κ1) is 16.5. The van der Waals surface area contributed by atoms with Gasteiger partial charge in [0.15, 0.2) is 5.76 Å². The fraction of sp³-hybridized carbons (Fsp3) is 0.263. The van der Waals surface area contributed by atoms with Gasteiger partial charge in [0.1, 0.15) is 18.8 Å². The molecule has 1 aromatic carbocycles. The lowest BCUT2D eigenvalue weighted by atomic mass is 10.0. The van der Waals surface area contributed by atoms with Gasteiger partial charge < -0.3 is 10.5 Å². The van der Waals surface area contributed by atoms with Crippen molar-refractivity contribution in [2.45, 2.75) is 18.8 Å². The molecule has 1 aliphatic heterocycles. The number of ether oxygens (including phenoxy) is 1. The average Bonchev–Trinajstić information content (AvgIpc) is 2.52. The number of allylic oxidation sites excluding steroid dienone is 3. The van der Waals surface area contributed by atoms with Crippen LogP contribution in [-0.4, -0.2) is 23.9 Å². The molecular weight excluding hydrogens is 305 g/mol. The van der Waals surface area contributed by atoms with E-state index in [-0.39, 0.29) is 12.2 Å². The number of nitrogens with zero attached hydrogens (tertiary/aromatic N) is 1. The van der Waals surface area contributed by atoms with Crippen LogP contribution in [0, 0.1) is 0 Å². The summed E-state index contributed by atoms with van der Waals surface area (Å²) in [6, 6.07) is 10.3. The summed E-state index contributed by atoms with van der Waals surface area (Å²) in [7, 11) is 2.14. The second-order valence-electron chi connectivity index (χ2n) is 6.64. The van der Waals surface area contributed by atoms with E-state index in [2.05, 4.69) is 25.4 Å². The highest BCUT2D eigenvalue weighted by Crippen LogP contribution is 2.30. The van der Waals surface area contributed by atoms with Crippen LogP contribution in [0.15, 0.2) is 78.1 Å². The molecule has 126 valence electrons. The molecule has 0 radical (unpaired) electrons. The van der Waals surface area contributed by atoms with Gasteiger partial charge >= 0.3 is 0 Å². The highest BCUT2D eigenvalue weighted by atomic mass is 19.1. The highest BCUT2D eigenvalue weighted by molar-refractivity contribution is 5.29. The van der Waals surface area contributed by atoms with Crippen LogP contribution in [-0.2, 0) is 11.3 Å². The molecule has 24 heavy (non-hydrogen) atoms. The zero-order valence-electron chi connectivity index (χ0n) is 13.8. The number of hydrogen-bond acceptors (Lipinski definition) is 3. The van der Waals surface area contributed by atoms with Crippen molar-refractivity contribution >= 4 is 0 Å². The van der Waals surface area contributed by atoms with E-state index < -0.39 is 5.79 Å². The van der Waals surface area contributed by atoms with Crippen molar-refractivity contribution in [1.82, 2.24) is 0 Å². The van der Waals surface area contributed by atoms with Gasteiger partial charge in [-0.05, 0) is 12.2 Å². The Bertz CT molecular complexity index is 734. The summed E-state index contributed by atoms with van der Waals surface area (Å²) in [6.45, 7) is 1.64. The minimum atomic E-state index is -2.06. The Morgan fingerprint density at radius 2 is 2.00 bits per heavy atom. The standard InChI is InChI=1S/C19H23FN3O/c1-23(14-15-5-3-2-4-6-15)11-9-17(10-12-23)24-18-8-7-16(21)13-19(18,20)22/h2-11H,12-14,21-22H2,1H3/q+1. The summed E-state index contributed by atoms with van der Waals surface area (Å²) in [6.07, 6.45) is 8.96. The normalized spacial score (nSPS) is 29.5. The summed E-state index contributed by atoms with van der Waals surface area (Å²) in [5.41, 5.74) is 12.9. The fourth-order valence-electron chi connectivity index (χ4n) is 2.88. The Hall–Kier alpha value is -2.37. The second kappa shape index (κ2) is 6.26. The van der Waals surface area contributed by atoms with Crippen molar-refractivity contribution in [3.05, 3.63) is 83.6 Å². The third kappa shape index (κ3) is 3.75. The topological polar surface area (TPSA) is 61.3 Å². The zero-order valence-corrected chi connectivity index (χ0v) is 13.8. The Kier molecular flexibility index (Phi) is 4.30. The molecule has 1 aromatic rings. The number of nitrogens with two attached hydrogens (primary N) is 2. The van der Waals surface area contributed by atoms with Gasteiger partial charge in [-0.15, -0.1) is 0 Å². The number of likely N-dealkylation sites (N-methyl/N-ethyl adjacent to an activating group) is 1. The molecule has 0 bridgehead atoms. The first-order valence-corrected chi connectivity index (χ1v) is 7.96. The average molecular weight is 328 g/mol. The molecule has 2 atom stereocenters. The smallest absolute Gasteiger partial charge is 0.222 e. The molecular formula is C19H23FN3O+. The molecule has 2 aliphatic rings. The van der Waals surface area contributed by atoms with Crippen molar-refractivity contribution in [3.63, 3.8) is 0 Å². The summed E-state index contributed by atoms with van der Waals surface area (Å²) in [4.78, 5) is 0. The molecule has 1 aliphatic carbocycles. The monoisotopic (exact) mass is 328 g/mol. The molecule has 3 rings (SSSR count). The van der Waals surface area contributed by atoms with Crippen LogP contribution in [0.5, 0.6) is 0 Å². The lowest BCUT2D eigenvalue weighted by molar-refractivity contribution is -0.868. The maximum atomic E-state index is 14.4. The van der Waals surface area contributed by atoms with E-state index in [4.69, 9.17) is 16.2 Å². The molecule has 4 N–H and O–H groups in total. The molecule has 0 saturated carbocycles. The molecule has 4 nitrogen and oxygen atoms in total.